The van der Waals surface area contributed by atoms with Crippen LogP contribution in [0.25, 0.3) is 0 Å². The van der Waals surface area contributed by atoms with Crippen LogP contribution in [-0.2, 0) is 14.3 Å². The van der Waals surface area contributed by atoms with Gasteiger partial charge in [0.25, 0.3) is 0 Å². The number of ether oxygens (including phenoxy) is 1. The van der Waals surface area contributed by atoms with Gasteiger partial charge < -0.3 is 9.84 Å². The number of carbonyl (C=O) groups is 2. The van der Waals surface area contributed by atoms with Crippen molar-refractivity contribution in [2.75, 3.05) is 6.61 Å². The maximum Gasteiger partial charge on any atom is 0.333 e. The van der Waals surface area contributed by atoms with Crippen molar-refractivity contribution in [2.45, 2.75) is 52.4 Å². The lowest BCUT2D eigenvalue weighted by molar-refractivity contribution is -0.198. The maximum absolute atomic E-state index is 11.9. The Labute approximate surface area is 125 Å². The third-order valence-corrected chi connectivity index (χ3v) is 5.77. The number of hydrogen-bond donors (Lipinski definition) is 1. The summed E-state index contributed by atoms with van der Waals surface area (Å²) in [5, 5.41) is 9.75. The molecule has 116 valence electrons. The summed E-state index contributed by atoms with van der Waals surface area (Å²) in [6.07, 6.45) is 5.34. The molecule has 0 radical (unpaired) electrons. The van der Waals surface area contributed by atoms with Crippen molar-refractivity contribution in [3.05, 3.63) is 12.2 Å². The van der Waals surface area contributed by atoms with Gasteiger partial charge in [0.05, 0.1) is 12.0 Å². The zero-order valence-electron chi connectivity index (χ0n) is 12.9. The summed E-state index contributed by atoms with van der Waals surface area (Å²) in [4.78, 5) is 23.6. The summed E-state index contributed by atoms with van der Waals surface area (Å²) in [5.74, 6) is -0.556. The van der Waals surface area contributed by atoms with E-state index in [4.69, 9.17) is 4.74 Å². The number of carboxylic acid groups (broad SMARTS) is 1. The molecule has 0 aromatic heterocycles. The molecule has 4 fully saturated rings. The first-order valence-corrected chi connectivity index (χ1v) is 7.74. The normalized spacial score (nSPS) is 43.6. The molecule has 4 unspecified atom stereocenters. The van der Waals surface area contributed by atoms with Crippen LogP contribution in [-0.4, -0.2) is 23.7 Å². The number of rotatable bonds is 4. The van der Waals surface area contributed by atoms with E-state index in [1.165, 1.54) is 0 Å². The molecule has 0 aromatic carbocycles. The van der Waals surface area contributed by atoms with Crippen molar-refractivity contribution in [2.24, 2.45) is 22.2 Å². The minimum absolute atomic E-state index is 0.0907. The number of hydrogen-bond acceptors (Lipinski definition) is 3. The Bertz CT molecular complexity index is 525. The monoisotopic (exact) mass is 292 g/mol. The molecule has 1 N–H and O–H groups in total. The van der Waals surface area contributed by atoms with Gasteiger partial charge in [-0.25, -0.2) is 4.79 Å². The highest BCUT2D eigenvalue weighted by Gasteiger charge is 2.64. The predicted molar refractivity (Wildman–Crippen MR) is 77.6 cm³/mol. The lowest BCUT2D eigenvalue weighted by Crippen LogP contribution is -2.59. The van der Waals surface area contributed by atoms with Crippen molar-refractivity contribution in [1.29, 1.82) is 0 Å². The summed E-state index contributed by atoms with van der Waals surface area (Å²) in [5.41, 5.74) is -0.242. The smallest absolute Gasteiger partial charge is 0.333 e. The van der Waals surface area contributed by atoms with Gasteiger partial charge in [-0.2, -0.15) is 0 Å². The maximum atomic E-state index is 11.9. The molecule has 21 heavy (non-hydrogen) atoms. The molecule has 0 aliphatic heterocycles. The quantitative estimate of drug-likeness (QED) is 0.638. The molecule has 4 bridgehead atoms. The second kappa shape index (κ2) is 4.34. The van der Waals surface area contributed by atoms with Crippen molar-refractivity contribution < 1.29 is 19.4 Å². The van der Waals surface area contributed by atoms with Gasteiger partial charge >= 0.3 is 11.9 Å². The Morgan fingerprint density at radius 1 is 1.24 bits per heavy atom. The van der Waals surface area contributed by atoms with E-state index in [9.17, 15) is 14.7 Å². The van der Waals surface area contributed by atoms with Crippen LogP contribution in [0.15, 0.2) is 12.2 Å². The number of carbonyl (C=O) groups excluding carboxylic acids is 1. The minimum Gasteiger partial charge on any atom is -0.481 e. The van der Waals surface area contributed by atoms with E-state index in [0.717, 1.165) is 32.1 Å². The van der Waals surface area contributed by atoms with E-state index in [0.29, 0.717) is 24.5 Å². The highest BCUT2D eigenvalue weighted by molar-refractivity contribution is 5.87. The lowest BCUT2D eigenvalue weighted by Gasteiger charge is -2.64. The molecular weight excluding hydrogens is 268 g/mol. The van der Waals surface area contributed by atoms with Crippen molar-refractivity contribution in [1.82, 2.24) is 0 Å². The summed E-state index contributed by atoms with van der Waals surface area (Å²) >= 11 is 0. The zero-order chi connectivity index (χ0) is 15.5. The second-order valence-corrected chi connectivity index (χ2v) is 8.26. The predicted octanol–water partition coefficient (Wildman–Crippen LogP) is 3.17. The first-order chi connectivity index (χ1) is 9.68. The first kappa shape index (κ1) is 14.6. The van der Waals surface area contributed by atoms with Gasteiger partial charge in [-0.05, 0) is 56.8 Å². The Hall–Kier alpha value is -1.32. The number of carboxylic acids is 1. The average molecular weight is 292 g/mol. The van der Waals surface area contributed by atoms with Gasteiger partial charge in [0, 0.05) is 11.0 Å². The molecule has 0 amide bonds. The fraction of sp³-hybridized carbons (Fsp3) is 0.765. The van der Waals surface area contributed by atoms with E-state index >= 15 is 0 Å². The van der Waals surface area contributed by atoms with Crippen LogP contribution < -0.4 is 0 Å². The molecule has 4 atom stereocenters. The van der Waals surface area contributed by atoms with Crippen LogP contribution in [0.5, 0.6) is 0 Å². The van der Waals surface area contributed by atoms with Gasteiger partial charge in [0.1, 0.15) is 0 Å². The van der Waals surface area contributed by atoms with Crippen LogP contribution in [0.1, 0.15) is 52.4 Å². The van der Waals surface area contributed by atoms with Crippen LogP contribution in [0.3, 0.4) is 0 Å². The van der Waals surface area contributed by atoms with Gasteiger partial charge in [-0.15, -0.1) is 0 Å². The van der Waals surface area contributed by atoms with Gasteiger partial charge in [0.2, 0.25) is 0 Å². The zero-order valence-corrected chi connectivity index (χ0v) is 12.9. The van der Waals surface area contributed by atoms with Crippen LogP contribution >= 0.6 is 0 Å². The average Bonchev–Trinajstić information content (AvgIpc) is 2.32. The molecular formula is C17H24O4. The summed E-state index contributed by atoms with van der Waals surface area (Å²) < 4.78 is 5.43. The Kier molecular flexibility index (Phi) is 3.02. The SMILES string of the molecule is C=C(C)C(=O)OCC12CC3CC(C)(C1)CC(C(=O)O)(C3)C2. The molecule has 4 saturated carbocycles. The van der Waals surface area contributed by atoms with Crippen LogP contribution in [0.2, 0.25) is 0 Å². The molecule has 0 spiro atoms. The third kappa shape index (κ3) is 2.29. The van der Waals surface area contributed by atoms with Crippen LogP contribution in [0.4, 0.5) is 0 Å². The second-order valence-electron chi connectivity index (χ2n) is 8.26. The van der Waals surface area contributed by atoms with E-state index in [-0.39, 0.29) is 16.8 Å². The topological polar surface area (TPSA) is 63.6 Å². The van der Waals surface area contributed by atoms with Gasteiger partial charge in [0.15, 0.2) is 0 Å². The third-order valence-electron chi connectivity index (χ3n) is 5.77. The summed E-state index contributed by atoms with van der Waals surface area (Å²) in [7, 11) is 0. The molecule has 4 aliphatic rings. The van der Waals surface area contributed by atoms with E-state index in [1.807, 2.05) is 0 Å². The molecule has 4 rings (SSSR count). The molecule has 4 aliphatic carbocycles. The molecule has 0 aromatic rings. The fourth-order valence-corrected chi connectivity index (χ4v) is 5.88. The first-order valence-electron chi connectivity index (χ1n) is 7.74. The highest BCUT2D eigenvalue weighted by atomic mass is 16.5. The summed E-state index contributed by atoms with van der Waals surface area (Å²) in [6.45, 7) is 7.81. The lowest BCUT2D eigenvalue weighted by atomic mass is 9.40. The van der Waals surface area contributed by atoms with Crippen molar-refractivity contribution in [3.63, 3.8) is 0 Å². The van der Waals surface area contributed by atoms with Crippen molar-refractivity contribution in [3.8, 4) is 0 Å². The highest BCUT2D eigenvalue weighted by Crippen LogP contribution is 2.69. The van der Waals surface area contributed by atoms with Gasteiger partial charge in [-0.1, -0.05) is 13.5 Å². The van der Waals surface area contributed by atoms with Gasteiger partial charge in [-0.3, -0.25) is 4.79 Å². The Morgan fingerprint density at radius 2 is 1.95 bits per heavy atom. The number of aliphatic carboxylic acids is 1. The Balaban J connectivity index is 1.84. The number of esters is 1. The van der Waals surface area contributed by atoms with E-state index in [2.05, 4.69) is 13.5 Å². The molecule has 4 heteroatoms. The molecule has 0 heterocycles. The van der Waals surface area contributed by atoms with E-state index in [1.54, 1.807) is 6.92 Å². The largest absolute Gasteiger partial charge is 0.481 e. The van der Waals surface area contributed by atoms with E-state index < -0.39 is 11.4 Å². The Morgan fingerprint density at radius 3 is 2.52 bits per heavy atom. The molecule has 0 saturated heterocycles. The molecule has 4 nitrogen and oxygen atoms in total. The van der Waals surface area contributed by atoms with Crippen molar-refractivity contribution >= 4 is 11.9 Å². The minimum atomic E-state index is -0.659. The fourth-order valence-electron chi connectivity index (χ4n) is 5.88. The van der Waals surface area contributed by atoms with Crippen LogP contribution in [0, 0.1) is 22.2 Å². The standard InChI is InChI=1S/C17H24O4/c1-11(2)13(18)21-10-16-5-12-4-15(3,7-16)8-17(6-12,9-16)14(19)20/h12H,1,4-10H2,2-3H3,(H,19,20). The summed E-state index contributed by atoms with van der Waals surface area (Å²) in [6, 6.07) is 0.